The second kappa shape index (κ2) is 12.4. The monoisotopic (exact) mass is 338 g/mol. The summed E-state index contributed by atoms with van der Waals surface area (Å²) in [7, 11) is 0. The van der Waals surface area contributed by atoms with E-state index in [9.17, 15) is 0 Å². The summed E-state index contributed by atoms with van der Waals surface area (Å²) in [5, 5.41) is 1.17. The number of alkyl halides is 1. The van der Waals surface area contributed by atoms with Crippen LogP contribution < -0.4 is 0 Å². The van der Waals surface area contributed by atoms with E-state index >= 15 is 0 Å². The third-order valence-corrected chi connectivity index (χ3v) is 4.47. The van der Waals surface area contributed by atoms with E-state index in [1.165, 1.54) is 87.1 Å². The van der Waals surface area contributed by atoms with Crippen LogP contribution in [0.3, 0.4) is 0 Å². The summed E-state index contributed by atoms with van der Waals surface area (Å²) in [4.78, 5) is 0. The van der Waals surface area contributed by atoms with Crippen molar-refractivity contribution in [1.29, 1.82) is 0 Å². The second-order valence-electron chi connectivity index (χ2n) is 5.83. The van der Waals surface area contributed by atoms with Crippen molar-refractivity contribution >= 4 is 15.9 Å². The molecule has 0 spiro atoms. The second-order valence-corrected chi connectivity index (χ2v) is 6.63. The molecule has 0 fully saturated rings. The van der Waals surface area contributed by atoms with E-state index < -0.39 is 0 Å². The Hall–Kier alpha value is -0.300. The molecule has 0 heterocycles. The van der Waals surface area contributed by atoms with Crippen molar-refractivity contribution in [2.24, 2.45) is 0 Å². The molecule has 0 nitrogen and oxygen atoms in total. The molecule has 1 aromatic rings. The van der Waals surface area contributed by atoms with Crippen LogP contribution in [0.15, 0.2) is 24.3 Å². The Morgan fingerprint density at radius 1 is 0.650 bits per heavy atom. The predicted molar refractivity (Wildman–Crippen MR) is 94.9 cm³/mol. The maximum absolute atomic E-state index is 3.49. The number of halogens is 1. The lowest BCUT2D eigenvalue weighted by molar-refractivity contribution is 0.577. The summed E-state index contributed by atoms with van der Waals surface area (Å²) >= 11 is 3.49. The van der Waals surface area contributed by atoms with Gasteiger partial charge in [0.2, 0.25) is 0 Å². The molecule has 0 saturated heterocycles. The number of hydrogen-bond acceptors (Lipinski definition) is 0. The molecule has 20 heavy (non-hydrogen) atoms. The first kappa shape index (κ1) is 17.8. The molecule has 0 radical (unpaired) electrons. The minimum Gasteiger partial charge on any atom is -0.0928 e. The van der Waals surface area contributed by atoms with Crippen molar-refractivity contribution in [3.8, 4) is 0 Å². The van der Waals surface area contributed by atoms with Gasteiger partial charge >= 0.3 is 0 Å². The van der Waals surface area contributed by atoms with Crippen LogP contribution in [0.1, 0.15) is 75.8 Å². The van der Waals surface area contributed by atoms with Gasteiger partial charge in [-0.25, -0.2) is 0 Å². The van der Waals surface area contributed by atoms with E-state index in [4.69, 9.17) is 0 Å². The van der Waals surface area contributed by atoms with Gasteiger partial charge in [0.1, 0.15) is 0 Å². The fourth-order valence-corrected chi connectivity index (χ4v) is 3.04. The summed E-state index contributed by atoms with van der Waals surface area (Å²) in [5.41, 5.74) is 3.00. The molecule has 1 aromatic carbocycles. The van der Waals surface area contributed by atoms with Crippen LogP contribution in [-0.2, 0) is 12.8 Å². The maximum Gasteiger partial charge on any atom is 0.00313 e. The van der Waals surface area contributed by atoms with Gasteiger partial charge < -0.3 is 0 Å². The van der Waals surface area contributed by atoms with E-state index in [1.807, 2.05) is 0 Å². The molecule has 114 valence electrons. The molecular weight excluding hydrogens is 308 g/mol. The lowest BCUT2D eigenvalue weighted by atomic mass is 10.0. The zero-order chi connectivity index (χ0) is 14.5. The Labute approximate surface area is 134 Å². The van der Waals surface area contributed by atoms with Gasteiger partial charge in [-0.15, -0.1) is 0 Å². The van der Waals surface area contributed by atoms with Gasteiger partial charge in [-0.2, -0.15) is 0 Å². The van der Waals surface area contributed by atoms with Gasteiger partial charge in [0.25, 0.3) is 0 Å². The largest absolute Gasteiger partial charge is 0.0928 e. The zero-order valence-corrected chi connectivity index (χ0v) is 14.8. The molecule has 0 atom stereocenters. The number of hydrogen-bond donors (Lipinski definition) is 0. The van der Waals surface area contributed by atoms with E-state index in [0.29, 0.717) is 0 Å². The number of rotatable bonds is 12. The molecule has 0 aliphatic heterocycles. The smallest absolute Gasteiger partial charge is 0.00313 e. The summed E-state index contributed by atoms with van der Waals surface area (Å²) in [6.07, 6.45) is 14.9. The Bertz CT molecular complexity index is 315. The van der Waals surface area contributed by atoms with Crippen molar-refractivity contribution in [2.75, 3.05) is 5.33 Å². The highest BCUT2D eigenvalue weighted by Crippen LogP contribution is 2.13. The molecule has 0 N–H and O–H groups in total. The van der Waals surface area contributed by atoms with Crippen molar-refractivity contribution in [2.45, 2.75) is 77.6 Å². The van der Waals surface area contributed by atoms with Gasteiger partial charge in [0.05, 0.1) is 0 Å². The first-order chi connectivity index (χ1) is 9.86. The van der Waals surface area contributed by atoms with Gasteiger partial charge in [-0.05, 0) is 36.8 Å². The molecule has 0 bridgehead atoms. The molecule has 0 saturated carbocycles. The van der Waals surface area contributed by atoms with Gasteiger partial charge in [-0.3, -0.25) is 0 Å². The summed E-state index contributed by atoms with van der Waals surface area (Å²) in [6, 6.07) is 9.27. The third kappa shape index (κ3) is 8.79. The molecule has 0 aromatic heterocycles. The average molecular weight is 339 g/mol. The lowest BCUT2D eigenvalue weighted by Gasteiger charge is -2.04. The minimum absolute atomic E-state index is 1.17. The summed E-state index contributed by atoms with van der Waals surface area (Å²) in [5.74, 6) is 0. The minimum atomic E-state index is 1.17. The molecule has 0 unspecified atom stereocenters. The van der Waals surface area contributed by atoms with Crippen LogP contribution >= 0.6 is 15.9 Å². The highest BCUT2D eigenvalue weighted by atomic mass is 79.9. The van der Waals surface area contributed by atoms with E-state index in [0.717, 1.165) is 0 Å². The van der Waals surface area contributed by atoms with Crippen LogP contribution in [0.5, 0.6) is 0 Å². The van der Waals surface area contributed by atoms with Crippen LogP contribution in [0, 0.1) is 0 Å². The van der Waals surface area contributed by atoms with Crippen molar-refractivity contribution in [3.05, 3.63) is 35.4 Å². The molecule has 1 heteroatoms. The van der Waals surface area contributed by atoms with Crippen molar-refractivity contribution in [1.82, 2.24) is 0 Å². The Morgan fingerprint density at radius 2 is 1.10 bits per heavy atom. The first-order valence-electron chi connectivity index (χ1n) is 8.50. The quantitative estimate of drug-likeness (QED) is 0.294. The van der Waals surface area contributed by atoms with Crippen molar-refractivity contribution in [3.63, 3.8) is 0 Å². The van der Waals surface area contributed by atoms with E-state index in [-0.39, 0.29) is 0 Å². The van der Waals surface area contributed by atoms with Crippen molar-refractivity contribution < 1.29 is 0 Å². The topological polar surface area (TPSA) is 0 Å². The van der Waals surface area contributed by atoms with Crippen LogP contribution in [0.4, 0.5) is 0 Å². The molecule has 0 aliphatic carbocycles. The van der Waals surface area contributed by atoms with Gasteiger partial charge in [-0.1, -0.05) is 92.1 Å². The summed E-state index contributed by atoms with van der Waals surface area (Å²) in [6.45, 7) is 2.24. The lowest BCUT2D eigenvalue weighted by Crippen LogP contribution is -1.88. The average Bonchev–Trinajstić information content (AvgIpc) is 2.47. The SMILES string of the molecule is CCCc1ccc(CCCCCCCCCCBr)cc1. The molecule has 0 amide bonds. The maximum atomic E-state index is 3.49. The van der Waals surface area contributed by atoms with Crippen LogP contribution in [-0.4, -0.2) is 5.33 Å². The zero-order valence-electron chi connectivity index (χ0n) is 13.2. The van der Waals surface area contributed by atoms with Crippen LogP contribution in [0.2, 0.25) is 0 Å². The normalized spacial score (nSPS) is 10.9. The molecule has 1 rings (SSSR count). The van der Waals surface area contributed by atoms with Crippen LogP contribution in [0.25, 0.3) is 0 Å². The summed E-state index contributed by atoms with van der Waals surface area (Å²) < 4.78 is 0. The predicted octanol–water partition coefficient (Wildman–Crippen LogP) is 6.70. The first-order valence-corrected chi connectivity index (χ1v) is 9.62. The third-order valence-electron chi connectivity index (χ3n) is 3.91. The Kier molecular flexibility index (Phi) is 11.0. The van der Waals surface area contributed by atoms with E-state index in [1.54, 1.807) is 0 Å². The highest BCUT2D eigenvalue weighted by Gasteiger charge is 1.96. The molecular formula is C19H31Br. The number of benzene rings is 1. The Balaban J connectivity index is 1.98. The van der Waals surface area contributed by atoms with Gasteiger partial charge in [0.15, 0.2) is 0 Å². The fraction of sp³-hybridized carbons (Fsp3) is 0.684. The number of unbranched alkanes of at least 4 members (excludes halogenated alkanes) is 7. The van der Waals surface area contributed by atoms with E-state index in [2.05, 4.69) is 47.1 Å². The molecule has 0 aliphatic rings. The van der Waals surface area contributed by atoms with Gasteiger partial charge in [0, 0.05) is 5.33 Å². The number of aryl methyl sites for hydroxylation is 2. The fourth-order valence-electron chi connectivity index (χ4n) is 2.65. The highest BCUT2D eigenvalue weighted by molar-refractivity contribution is 9.09. The Morgan fingerprint density at radius 3 is 1.60 bits per heavy atom. The standard InChI is InChI=1S/C19H31Br/c1-2-11-18-13-15-19(16-14-18)12-9-7-5-3-4-6-8-10-17-20/h13-16H,2-12,17H2,1H3.